The Morgan fingerprint density at radius 2 is 1.89 bits per heavy atom. The van der Waals surface area contributed by atoms with E-state index in [1.165, 1.54) is 5.56 Å². The average Bonchev–Trinajstić information content (AvgIpc) is 2.73. The summed E-state index contributed by atoms with van der Waals surface area (Å²) in [6, 6.07) is 5.48. The number of hydrogen-bond donors (Lipinski definition) is 1. The number of aromatic nitrogens is 2. The molecule has 0 saturated carbocycles. The molecule has 1 N–H and O–H groups in total. The molecule has 1 aromatic carbocycles. The summed E-state index contributed by atoms with van der Waals surface area (Å²) >= 11 is 12.5. The van der Waals surface area contributed by atoms with Crippen molar-refractivity contribution in [1.29, 1.82) is 0 Å². The average molecular weight is 298 g/mol. The summed E-state index contributed by atoms with van der Waals surface area (Å²) < 4.78 is 1.83. The molecule has 2 aromatic rings. The van der Waals surface area contributed by atoms with Crippen molar-refractivity contribution >= 4 is 23.2 Å². The Morgan fingerprint density at radius 3 is 2.42 bits per heavy atom. The molecule has 1 heterocycles. The number of para-hydroxylation sites is 1. The molecule has 102 valence electrons. The molecular weight excluding hydrogens is 281 g/mol. The van der Waals surface area contributed by atoms with Crippen LogP contribution in [0.25, 0.3) is 5.69 Å². The van der Waals surface area contributed by atoms with Crippen LogP contribution in [0.3, 0.4) is 0 Å². The van der Waals surface area contributed by atoms with Crippen LogP contribution in [0.5, 0.6) is 0 Å². The standard InChI is InChI=1S/C14H17Cl2N3/c1-9(2)10-7-18-19(13(10)8-17-3)14-11(15)5-4-6-12(14)16/h4-7,9,17H,8H2,1-3H3. The quantitative estimate of drug-likeness (QED) is 0.924. The zero-order chi connectivity index (χ0) is 14.0. The zero-order valence-corrected chi connectivity index (χ0v) is 12.8. The first-order valence-corrected chi connectivity index (χ1v) is 6.97. The van der Waals surface area contributed by atoms with Crippen LogP contribution < -0.4 is 5.32 Å². The van der Waals surface area contributed by atoms with Gasteiger partial charge in [-0.3, -0.25) is 0 Å². The molecule has 0 atom stereocenters. The lowest BCUT2D eigenvalue weighted by Crippen LogP contribution is -2.13. The Labute approximate surface area is 123 Å². The lowest BCUT2D eigenvalue weighted by Gasteiger charge is -2.13. The summed E-state index contributed by atoms with van der Waals surface area (Å²) in [6.45, 7) is 5.01. The molecule has 0 unspecified atom stereocenters. The van der Waals surface area contributed by atoms with Gasteiger partial charge in [-0.15, -0.1) is 0 Å². The summed E-state index contributed by atoms with van der Waals surface area (Å²) in [5, 5.41) is 8.82. The Hall–Kier alpha value is -1.03. The Kier molecular flexibility index (Phi) is 4.50. The van der Waals surface area contributed by atoms with E-state index in [-0.39, 0.29) is 0 Å². The molecule has 0 bridgehead atoms. The fraction of sp³-hybridized carbons (Fsp3) is 0.357. The van der Waals surface area contributed by atoms with Crippen molar-refractivity contribution in [3.63, 3.8) is 0 Å². The smallest absolute Gasteiger partial charge is 0.102 e. The maximum Gasteiger partial charge on any atom is 0.102 e. The molecular formula is C14H17Cl2N3. The highest BCUT2D eigenvalue weighted by molar-refractivity contribution is 6.37. The predicted molar refractivity (Wildman–Crippen MR) is 80.4 cm³/mol. The molecule has 19 heavy (non-hydrogen) atoms. The lowest BCUT2D eigenvalue weighted by atomic mass is 10.0. The third-order valence-corrected chi connectivity index (χ3v) is 3.63. The molecule has 3 nitrogen and oxygen atoms in total. The molecule has 0 saturated heterocycles. The largest absolute Gasteiger partial charge is 0.314 e. The van der Waals surface area contributed by atoms with Crippen LogP contribution in [-0.2, 0) is 6.54 Å². The van der Waals surface area contributed by atoms with E-state index in [0.717, 1.165) is 17.9 Å². The second kappa shape index (κ2) is 5.95. The summed E-state index contributed by atoms with van der Waals surface area (Å²) in [5.74, 6) is 0.401. The molecule has 2 rings (SSSR count). The number of nitrogens with zero attached hydrogens (tertiary/aromatic N) is 2. The topological polar surface area (TPSA) is 29.9 Å². The number of hydrogen-bond acceptors (Lipinski definition) is 2. The van der Waals surface area contributed by atoms with E-state index in [4.69, 9.17) is 23.2 Å². The molecule has 5 heteroatoms. The van der Waals surface area contributed by atoms with Gasteiger partial charge in [0.05, 0.1) is 21.9 Å². The van der Waals surface area contributed by atoms with Crippen LogP contribution >= 0.6 is 23.2 Å². The highest BCUT2D eigenvalue weighted by atomic mass is 35.5. The molecule has 0 fully saturated rings. The van der Waals surface area contributed by atoms with Crippen LogP contribution in [0, 0.1) is 0 Å². The van der Waals surface area contributed by atoms with E-state index in [2.05, 4.69) is 24.3 Å². The SMILES string of the molecule is CNCc1c(C(C)C)cnn1-c1c(Cl)cccc1Cl. The maximum atomic E-state index is 6.26. The second-order valence-corrected chi connectivity index (χ2v) is 5.53. The van der Waals surface area contributed by atoms with Crippen molar-refractivity contribution < 1.29 is 0 Å². The van der Waals surface area contributed by atoms with E-state index >= 15 is 0 Å². The van der Waals surface area contributed by atoms with Gasteiger partial charge in [0.1, 0.15) is 5.69 Å². The van der Waals surface area contributed by atoms with Gasteiger partial charge in [-0.2, -0.15) is 5.10 Å². The normalized spacial score (nSPS) is 11.3. The van der Waals surface area contributed by atoms with E-state index in [9.17, 15) is 0 Å². The fourth-order valence-corrected chi connectivity index (χ4v) is 2.65. The van der Waals surface area contributed by atoms with E-state index < -0.39 is 0 Å². The lowest BCUT2D eigenvalue weighted by molar-refractivity contribution is 0.712. The van der Waals surface area contributed by atoms with Crippen LogP contribution in [0.4, 0.5) is 0 Å². The summed E-state index contributed by atoms with van der Waals surface area (Å²) in [6.07, 6.45) is 1.89. The summed E-state index contributed by atoms with van der Waals surface area (Å²) in [7, 11) is 1.91. The first-order chi connectivity index (χ1) is 9.06. The van der Waals surface area contributed by atoms with Gasteiger partial charge in [0.2, 0.25) is 0 Å². The zero-order valence-electron chi connectivity index (χ0n) is 11.2. The number of halogens is 2. The van der Waals surface area contributed by atoms with Gasteiger partial charge in [0.15, 0.2) is 0 Å². The number of benzene rings is 1. The van der Waals surface area contributed by atoms with E-state index in [1.54, 1.807) is 0 Å². The van der Waals surface area contributed by atoms with Crippen molar-refractivity contribution in [2.75, 3.05) is 7.05 Å². The predicted octanol–water partition coefficient (Wildman–Crippen LogP) is 4.02. The third-order valence-electron chi connectivity index (χ3n) is 3.02. The van der Waals surface area contributed by atoms with Crippen LogP contribution in [0.15, 0.2) is 24.4 Å². The van der Waals surface area contributed by atoms with Crippen molar-refractivity contribution in [1.82, 2.24) is 15.1 Å². The van der Waals surface area contributed by atoms with Gasteiger partial charge in [-0.05, 0) is 30.7 Å². The first kappa shape index (κ1) is 14.4. The molecule has 0 spiro atoms. The van der Waals surface area contributed by atoms with E-state index in [1.807, 2.05) is 36.1 Å². The van der Waals surface area contributed by atoms with Crippen molar-refractivity contribution in [3.05, 3.63) is 45.7 Å². The Balaban J connectivity index is 2.62. The van der Waals surface area contributed by atoms with Crippen LogP contribution in [-0.4, -0.2) is 16.8 Å². The second-order valence-electron chi connectivity index (χ2n) is 4.71. The van der Waals surface area contributed by atoms with E-state index in [0.29, 0.717) is 16.0 Å². The summed E-state index contributed by atoms with van der Waals surface area (Å²) in [4.78, 5) is 0. The van der Waals surface area contributed by atoms with Gasteiger partial charge in [0.25, 0.3) is 0 Å². The molecule has 0 aliphatic rings. The highest BCUT2D eigenvalue weighted by Gasteiger charge is 2.17. The van der Waals surface area contributed by atoms with Crippen LogP contribution in [0.2, 0.25) is 10.0 Å². The minimum Gasteiger partial charge on any atom is -0.314 e. The van der Waals surface area contributed by atoms with Crippen molar-refractivity contribution in [2.24, 2.45) is 0 Å². The number of nitrogens with one attached hydrogen (secondary N) is 1. The minimum absolute atomic E-state index is 0.401. The third kappa shape index (κ3) is 2.78. The molecule has 1 aromatic heterocycles. The highest BCUT2D eigenvalue weighted by Crippen LogP contribution is 2.31. The van der Waals surface area contributed by atoms with Crippen molar-refractivity contribution in [2.45, 2.75) is 26.3 Å². The van der Waals surface area contributed by atoms with Gasteiger partial charge < -0.3 is 5.32 Å². The van der Waals surface area contributed by atoms with Crippen LogP contribution in [0.1, 0.15) is 31.0 Å². The maximum absolute atomic E-state index is 6.26. The van der Waals surface area contributed by atoms with Crippen molar-refractivity contribution in [3.8, 4) is 5.69 Å². The van der Waals surface area contributed by atoms with Gasteiger partial charge in [0, 0.05) is 6.54 Å². The van der Waals surface area contributed by atoms with Gasteiger partial charge in [-0.25, -0.2) is 4.68 Å². The first-order valence-electron chi connectivity index (χ1n) is 6.22. The molecule has 0 aliphatic heterocycles. The fourth-order valence-electron chi connectivity index (χ4n) is 2.10. The number of rotatable bonds is 4. The molecule has 0 aliphatic carbocycles. The van der Waals surface area contributed by atoms with Gasteiger partial charge >= 0.3 is 0 Å². The van der Waals surface area contributed by atoms with Gasteiger partial charge in [-0.1, -0.05) is 43.1 Å². The Bertz CT molecular complexity index is 556. The molecule has 0 amide bonds. The Morgan fingerprint density at radius 1 is 1.26 bits per heavy atom. The molecule has 0 radical (unpaired) electrons. The minimum atomic E-state index is 0.401. The monoisotopic (exact) mass is 297 g/mol. The summed E-state index contributed by atoms with van der Waals surface area (Å²) in [5.41, 5.74) is 3.03.